The highest BCUT2D eigenvalue weighted by Gasteiger charge is 2.25. The second kappa shape index (κ2) is 8.15. The lowest BCUT2D eigenvalue weighted by Gasteiger charge is -2.10. The molecule has 5 aromatic rings. The third kappa shape index (κ3) is 3.22. The van der Waals surface area contributed by atoms with Crippen LogP contribution in [0.1, 0.15) is 52.3 Å². The third-order valence-electron chi connectivity index (χ3n) is 6.78. The van der Waals surface area contributed by atoms with Crippen molar-refractivity contribution in [2.24, 2.45) is 7.05 Å². The summed E-state index contributed by atoms with van der Waals surface area (Å²) in [4.78, 5) is 3.62. The molecule has 1 aliphatic rings. The van der Waals surface area contributed by atoms with Gasteiger partial charge in [0, 0.05) is 29.3 Å². The minimum atomic E-state index is -0.761. The van der Waals surface area contributed by atoms with Crippen LogP contribution in [-0.2, 0) is 7.05 Å². The minimum Gasteiger partial charge on any atom is -0.456 e. The zero-order valence-corrected chi connectivity index (χ0v) is 19.1. The molecule has 6 rings (SSSR count). The van der Waals surface area contributed by atoms with Crippen molar-refractivity contribution in [3.63, 3.8) is 0 Å². The van der Waals surface area contributed by atoms with Crippen LogP contribution >= 0.6 is 0 Å². The van der Waals surface area contributed by atoms with Crippen LogP contribution < -0.4 is 4.57 Å². The molecule has 2 heterocycles. The smallest absolute Gasteiger partial charge is 0.216 e. The maximum atomic E-state index is 8.96. The fourth-order valence-corrected chi connectivity index (χ4v) is 5.08. The van der Waals surface area contributed by atoms with Gasteiger partial charge in [-0.2, -0.15) is 0 Å². The van der Waals surface area contributed by atoms with Gasteiger partial charge in [0.25, 0.3) is 0 Å². The van der Waals surface area contributed by atoms with E-state index in [-0.39, 0.29) is 22.4 Å². The van der Waals surface area contributed by atoms with Gasteiger partial charge in [-0.1, -0.05) is 67.3 Å². The summed E-state index contributed by atoms with van der Waals surface area (Å²) in [6.07, 6.45) is 5.31. The molecule has 1 aliphatic carbocycles. The van der Waals surface area contributed by atoms with Crippen LogP contribution in [0.15, 0.2) is 77.2 Å². The van der Waals surface area contributed by atoms with Gasteiger partial charge >= 0.3 is 0 Å². The van der Waals surface area contributed by atoms with Crippen LogP contribution in [0.25, 0.3) is 49.2 Å². The summed E-state index contributed by atoms with van der Waals surface area (Å²) in [7, 11) is 1.90. The summed E-state index contributed by atoms with van der Waals surface area (Å²) < 4.78 is 67.8. The van der Waals surface area contributed by atoms with E-state index in [0.717, 1.165) is 47.9 Å². The van der Waals surface area contributed by atoms with Gasteiger partial charge in [0.1, 0.15) is 18.2 Å². The van der Waals surface area contributed by atoms with Gasteiger partial charge in [0.15, 0.2) is 11.9 Å². The van der Waals surface area contributed by atoms with Gasteiger partial charge in [-0.15, -0.1) is 0 Å². The SMILES string of the molecule is [2H]c1cc(-c2c(C)ccc3c2oc2c(-c4c([2H])c([2H])c([2H])c([2H])c4[2H])c([N+]#[C-])ccc23)[n+](C)cc1C1([2H])CCCC1. The van der Waals surface area contributed by atoms with E-state index < -0.39 is 36.1 Å². The van der Waals surface area contributed by atoms with E-state index in [4.69, 9.17) is 20.6 Å². The Balaban J connectivity index is 1.68. The first kappa shape index (κ1) is 14.4. The van der Waals surface area contributed by atoms with Gasteiger partial charge in [-0.05, 0) is 42.8 Å². The molecule has 0 unspecified atom stereocenters. The van der Waals surface area contributed by atoms with Crippen molar-refractivity contribution in [2.75, 3.05) is 0 Å². The number of hydrogen-bond acceptors (Lipinski definition) is 1. The van der Waals surface area contributed by atoms with Gasteiger partial charge in [-0.3, -0.25) is 0 Å². The third-order valence-corrected chi connectivity index (χ3v) is 6.78. The van der Waals surface area contributed by atoms with Crippen molar-refractivity contribution < 1.29 is 18.6 Å². The molecule has 3 nitrogen and oxygen atoms in total. The summed E-state index contributed by atoms with van der Waals surface area (Å²) in [5, 5.41) is 1.39. The van der Waals surface area contributed by atoms with Gasteiger partial charge in [0.2, 0.25) is 5.69 Å². The van der Waals surface area contributed by atoms with Gasteiger partial charge in [0.05, 0.1) is 20.4 Å². The summed E-state index contributed by atoms with van der Waals surface area (Å²) in [6.45, 7) is 9.74. The highest BCUT2D eigenvalue weighted by molar-refractivity contribution is 6.15. The van der Waals surface area contributed by atoms with Crippen molar-refractivity contribution in [2.45, 2.75) is 38.5 Å². The predicted molar refractivity (Wildman–Crippen MR) is 138 cm³/mol. The van der Waals surface area contributed by atoms with Crippen LogP contribution in [-0.4, -0.2) is 0 Å². The first-order chi connectivity index (χ1) is 19.5. The molecule has 0 aliphatic heterocycles. The normalized spacial score (nSPS) is 18.0. The molecule has 0 amide bonds. The molecule has 0 atom stereocenters. The summed E-state index contributed by atoms with van der Waals surface area (Å²) in [5.41, 5.74) is 4.07. The standard InChI is InChI=1S/C31H27N2O/c1-20-13-15-24-25-16-17-26(32-2)29(22-11-5-4-6-12-22)31(25)34-30(24)28(20)27-18-14-23(19-33(27)3)21-9-7-8-10-21/h4-6,11-19,21H,7-10H2,1,3H3/q+1/i4D,5D,6D,11D,12D,14D,21D. The van der Waals surface area contributed by atoms with E-state index in [1.165, 1.54) is 0 Å². The number of aryl methyl sites for hydroxylation is 2. The van der Waals surface area contributed by atoms with E-state index in [1.54, 1.807) is 18.2 Å². The van der Waals surface area contributed by atoms with Crippen LogP contribution in [0.5, 0.6) is 0 Å². The Labute approximate surface area is 209 Å². The second-order valence-corrected chi connectivity index (χ2v) is 8.82. The molecule has 0 bridgehead atoms. The van der Waals surface area contributed by atoms with E-state index in [1.807, 2.05) is 36.9 Å². The Morgan fingerprint density at radius 1 is 0.971 bits per heavy atom. The molecule has 3 heteroatoms. The average Bonchev–Trinajstić information content (AvgIpc) is 3.56. The highest BCUT2D eigenvalue weighted by atomic mass is 16.3. The summed E-state index contributed by atoms with van der Waals surface area (Å²) in [5.74, 6) is -0.761. The first-order valence-electron chi connectivity index (χ1n) is 14.9. The van der Waals surface area contributed by atoms with Crippen molar-refractivity contribution in [1.29, 1.82) is 0 Å². The zero-order chi connectivity index (χ0) is 29.4. The van der Waals surface area contributed by atoms with Crippen molar-refractivity contribution in [1.82, 2.24) is 0 Å². The molecule has 3 aromatic carbocycles. The maximum absolute atomic E-state index is 8.96. The van der Waals surface area contributed by atoms with E-state index in [9.17, 15) is 0 Å². The van der Waals surface area contributed by atoms with Crippen LogP contribution in [0.4, 0.5) is 5.69 Å². The van der Waals surface area contributed by atoms with Crippen molar-refractivity contribution >= 4 is 27.6 Å². The monoisotopic (exact) mass is 450 g/mol. The van der Waals surface area contributed by atoms with E-state index in [2.05, 4.69) is 4.85 Å². The van der Waals surface area contributed by atoms with E-state index in [0.29, 0.717) is 22.6 Å². The quantitative estimate of drug-likeness (QED) is 0.200. The van der Waals surface area contributed by atoms with Crippen LogP contribution in [0.2, 0.25) is 0 Å². The number of aromatic nitrogens is 1. The Bertz CT molecular complexity index is 1940. The largest absolute Gasteiger partial charge is 0.456 e. The van der Waals surface area contributed by atoms with Crippen molar-refractivity contribution in [3.05, 3.63) is 95.3 Å². The number of furan rings is 1. The lowest BCUT2D eigenvalue weighted by atomic mass is 9.96. The first-order valence-corrected chi connectivity index (χ1v) is 11.4. The Hall–Kier alpha value is -3.90. The van der Waals surface area contributed by atoms with Gasteiger partial charge < -0.3 is 4.42 Å². The Kier molecular flexibility index (Phi) is 3.45. The molecule has 0 N–H and O–H groups in total. The molecule has 0 spiro atoms. The molecule has 1 fully saturated rings. The number of pyridine rings is 1. The number of rotatable bonds is 3. The summed E-state index contributed by atoms with van der Waals surface area (Å²) in [6, 6.07) is 7.04. The topological polar surface area (TPSA) is 21.4 Å². The molecule has 0 radical (unpaired) electrons. The average molecular weight is 451 g/mol. The molecule has 2 aromatic heterocycles. The second-order valence-electron chi connectivity index (χ2n) is 8.82. The number of benzene rings is 3. The molecule has 166 valence electrons. The Morgan fingerprint density at radius 2 is 1.68 bits per heavy atom. The van der Waals surface area contributed by atoms with Crippen LogP contribution in [0.3, 0.4) is 0 Å². The fraction of sp³-hybridized carbons (Fsp3) is 0.226. The number of nitrogens with zero attached hydrogens (tertiary/aromatic N) is 2. The van der Waals surface area contributed by atoms with E-state index >= 15 is 0 Å². The molecular formula is C31H27N2O+. The van der Waals surface area contributed by atoms with Gasteiger partial charge in [-0.25, -0.2) is 9.41 Å². The predicted octanol–water partition coefficient (Wildman–Crippen LogP) is 8.26. The lowest BCUT2D eigenvalue weighted by molar-refractivity contribution is -0.660. The lowest BCUT2D eigenvalue weighted by Crippen LogP contribution is -2.31. The molecule has 0 saturated heterocycles. The fourth-order valence-electron chi connectivity index (χ4n) is 5.08. The highest BCUT2D eigenvalue weighted by Crippen LogP contribution is 2.44. The zero-order valence-electron chi connectivity index (χ0n) is 26.1. The van der Waals surface area contributed by atoms with Crippen LogP contribution in [0, 0.1) is 13.5 Å². The Morgan fingerprint density at radius 3 is 2.41 bits per heavy atom. The number of fused-ring (bicyclic) bond motifs is 3. The number of hydrogen-bond donors (Lipinski definition) is 0. The maximum Gasteiger partial charge on any atom is 0.216 e. The minimum absolute atomic E-state index is 0.0782. The molecule has 34 heavy (non-hydrogen) atoms. The molecular weight excluding hydrogens is 416 g/mol. The molecule has 1 saturated carbocycles. The van der Waals surface area contributed by atoms with Crippen molar-refractivity contribution in [3.8, 4) is 22.4 Å². The summed E-state index contributed by atoms with van der Waals surface area (Å²) >= 11 is 0.